The first-order valence-corrected chi connectivity index (χ1v) is 10.8. The number of ether oxygens (including phenoxy) is 1. The summed E-state index contributed by atoms with van der Waals surface area (Å²) in [5.41, 5.74) is -0.382. The molecule has 31 heavy (non-hydrogen) atoms. The maximum atomic E-state index is 13.4. The van der Waals surface area contributed by atoms with Gasteiger partial charge >= 0.3 is 11.2 Å². The quantitative estimate of drug-likeness (QED) is 0.551. The molecule has 2 fully saturated rings. The number of rotatable bonds is 4. The number of hydrogen-bond donors (Lipinski definition) is 0. The summed E-state index contributed by atoms with van der Waals surface area (Å²) in [6.07, 6.45) is 6.99. The van der Waals surface area contributed by atoms with Gasteiger partial charge in [-0.3, -0.25) is 19.7 Å². The average Bonchev–Trinajstić information content (AvgIpc) is 3.30. The Balaban J connectivity index is 1.38. The van der Waals surface area contributed by atoms with Crippen molar-refractivity contribution in [2.75, 3.05) is 26.3 Å². The van der Waals surface area contributed by atoms with Crippen LogP contribution in [0.2, 0.25) is 0 Å². The van der Waals surface area contributed by atoms with E-state index in [1.807, 2.05) is 29.4 Å². The van der Waals surface area contributed by atoms with Gasteiger partial charge in [0.05, 0.1) is 16.9 Å². The molecule has 0 spiro atoms. The number of amides is 1. The molecule has 2 aromatic heterocycles. The van der Waals surface area contributed by atoms with E-state index >= 15 is 0 Å². The highest BCUT2D eigenvalue weighted by Gasteiger charge is 2.41. The van der Waals surface area contributed by atoms with Crippen molar-refractivity contribution in [3.63, 3.8) is 0 Å². The molecule has 5 rings (SSSR count). The first-order valence-electron chi connectivity index (χ1n) is 10.8. The molecule has 1 amide bonds. The lowest BCUT2D eigenvalue weighted by Crippen LogP contribution is -2.51. The summed E-state index contributed by atoms with van der Waals surface area (Å²) in [4.78, 5) is 38.5. The number of carbonyl (C=O) groups excluding carboxylic acids is 1. The largest absolute Gasteiger partial charge is 0.381 e. The number of nitro groups is 1. The molecular formula is C22H26N4O5. The lowest BCUT2D eigenvalue weighted by Gasteiger charge is -2.45. The monoisotopic (exact) mass is 426 g/mol. The second-order valence-electron chi connectivity index (χ2n) is 9.02. The number of nitrogens with zero attached hydrogens (tertiary/aromatic N) is 4. The summed E-state index contributed by atoms with van der Waals surface area (Å²) in [5.74, 6) is 0.289. The Bertz CT molecular complexity index is 1050. The van der Waals surface area contributed by atoms with Gasteiger partial charge < -0.3 is 18.8 Å². The molecule has 2 atom stereocenters. The number of hydrogen-bond acceptors (Lipinski definition) is 5. The van der Waals surface area contributed by atoms with E-state index in [-0.39, 0.29) is 29.0 Å². The van der Waals surface area contributed by atoms with E-state index in [9.17, 15) is 19.7 Å². The smallest absolute Gasteiger partial charge is 0.334 e. The van der Waals surface area contributed by atoms with E-state index in [2.05, 4.69) is 4.57 Å². The third kappa shape index (κ3) is 3.46. The summed E-state index contributed by atoms with van der Waals surface area (Å²) >= 11 is 0. The van der Waals surface area contributed by atoms with Crippen LogP contribution in [0.15, 0.2) is 41.5 Å². The maximum absolute atomic E-state index is 13.4. The summed E-state index contributed by atoms with van der Waals surface area (Å²) in [7, 11) is 0. The van der Waals surface area contributed by atoms with E-state index in [1.54, 1.807) is 10.6 Å². The second-order valence-corrected chi connectivity index (χ2v) is 9.02. The van der Waals surface area contributed by atoms with Crippen LogP contribution >= 0.6 is 0 Å². The van der Waals surface area contributed by atoms with Crippen LogP contribution in [0.3, 0.4) is 0 Å². The van der Waals surface area contributed by atoms with Crippen LogP contribution in [0.1, 0.15) is 37.3 Å². The normalized spacial score (nSPS) is 24.5. The van der Waals surface area contributed by atoms with E-state index in [4.69, 9.17) is 4.74 Å². The number of aromatic nitrogens is 2. The molecule has 0 radical (unpaired) electrons. The minimum atomic E-state index is -0.621. The van der Waals surface area contributed by atoms with Crippen LogP contribution in [0.25, 0.3) is 0 Å². The molecule has 2 aromatic rings. The van der Waals surface area contributed by atoms with Gasteiger partial charge in [-0.1, -0.05) is 0 Å². The Labute approximate surface area is 179 Å². The molecule has 9 nitrogen and oxygen atoms in total. The molecule has 5 heterocycles. The Kier molecular flexibility index (Phi) is 4.92. The minimum absolute atomic E-state index is 0.0298. The summed E-state index contributed by atoms with van der Waals surface area (Å²) in [6.45, 7) is 2.84. The number of likely N-dealkylation sites (tertiary alicyclic amines) is 1. The highest BCUT2D eigenvalue weighted by atomic mass is 16.6. The first-order chi connectivity index (χ1) is 15.0. The van der Waals surface area contributed by atoms with Gasteiger partial charge in [-0.05, 0) is 43.4 Å². The van der Waals surface area contributed by atoms with Crippen LogP contribution in [0.4, 0.5) is 5.69 Å². The molecule has 3 aliphatic rings. The SMILES string of the molecule is O=C(CC1(n2cccc2)CCOCC1)N1CC2CC(C1)c1ccc([N+](=O)[O-])c(=O)n1C2. The molecule has 9 heteroatoms. The Hall–Kier alpha value is -2.94. The van der Waals surface area contributed by atoms with Gasteiger partial charge in [0.25, 0.3) is 0 Å². The van der Waals surface area contributed by atoms with Crippen molar-refractivity contribution in [2.45, 2.75) is 43.7 Å². The molecule has 2 bridgehead atoms. The van der Waals surface area contributed by atoms with Crippen LogP contribution < -0.4 is 5.56 Å². The average molecular weight is 426 g/mol. The highest BCUT2D eigenvalue weighted by molar-refractivity contribution is 5.77. The zero-order valence-corrected chi connectivity index (χ0v) is 17.3. The zero-order valence-electron chi connectivity index (χ0n) is 17.3. The molecule has 164 valence electrons. The van der Waals surface area contributed by atoms with E-state index < -0.39 is 10.5 Å². The molecular weight excluding hydrogens is 400 g/mol. The molecule has 0 aromatic carbocycles. The fraction of sp³-hybridized carbons (Fsp3) is 0.545. The molecule has 2 saturated heterocycles. The van der Waals surface area contributed by atoms with Crippen molar-refractivity contribution in [3.8, 4) is 0 Å². The topological polar surface area (TPSA) is 99.6 Å². The van der Waals surface area contributed by atoms with Crippen LogP contribution in [-0.4, -0.2) is 51.2 Å². The third-order valence-electron chi connectivity index (χ3n) is 7.19. The third-order valence-corrected chi connectivity index (χ3v) is 7.19. The maximum Gasteiger partial charge on any atom is 0.334 e. The lowest BCUT2D eigenvalue weighted by atomic mass is 9.81. The molecule has 3 aliphatic heterocycles. The van der Waals surface area contributed by atoms with Gasteiger partial charge in [-0.2, -0.15) is 0 Å². The molecule has 0 saturated carbocycles. The van der Waals surface area contributed by atoms with Crippen LogP contribution in [-0.2, 0) is 21.6 Å². The standard InChI is InChI=1S/C22H26N4O5/c27-20(12-22(5-9-31-10-6-22)24-7-1-2-8-24)23-13-16-11-17(15-23)18-3-4-19(26(29)30)21(28)25(18)14-16/h1-4,7-8,16-17H,5-6,9-15H2. The van der Waals surface area contributed by atoms with Crippen molar-refractivity contribution in [2.24, 2.45) is 5.92 Å². The van der Waals surface area contributed by atoms with Crippen LogP contribution in [0, 0.1) is 16.0 Å². The van der Waals surface area contributed by atoms with E-state index in [0.717, 1.165) is 25.0 Å². The van der Waals surface area contributed by atoms with Crippen molar-refractivity contribution >= 4 is 11.6 Å². The Morgan fingerprint density at radius 3 is 2.61 bits per heavy atom. The van der Waals surface area contributed by atoms with E-state index in [1.165, 1.54) is 6.07 Å². The molecule has 0 N–H and O–H groups in total. The predicted molar refractivity (Wildman–Crippen MR) is 112 cm³/mol. The van der Waals surface area contributed by atoms with Crippen molar-refractivity contribution < 1.29 is 14.5 Å². The highest BCUT2D eigenvalue weighted by Crippen LogP contribution is 2.38. The van der Waals surface area contributed by atoms with Crippen molar-refractivity contribution in [1.29, 1.82) is 0 Å². The second kappa shape index (κ2) is 7.64. The predicted octanol–water partition coefficient (Wildman–Crippen LogP) is 2.10. The number of carbonyl (C=O) groups is 1. The minimum Gasteiger partial charge on any atom is -0.381 e. The van der Waals surface area contributed by atoms with Gasteiger partial charge in [0.15, 0.2) is 0 Å². The Morgan fingerprint density at radius 2 is 1.90 bits per heavy atom. The van der Waals surface area contributed by atoms with Gasteiger partial charge in [0.1, 0.15) is 0 Å². The number of fused-ring (bicyclic) bond motifs is 4. The summed E-state index contributed by atoms with van der Waals surface area (Å²) < 4.78 is 9.28. The van der Waals surface area contributed by atoms with E-state index in [0.29, 0.717) is 39.3 Å². The number of pyridine rings is 1. The van der Waals surface area contributed by atoms with Crippen molar-refractivity contribution in [1.82, 2.24) is 14.0 Å². The first kappa shape index (κ1) is 20.0. The lowest BCUT2D eigenvalue weighted by molar-refractivity contribution is -0.386. The van der Waals surface area contributed by atoms with Gasteiger partial charge in [0.2, 0.25) is 5.91 Å². The fourth-order valence-electron chi connectivity index (χ4n) is 5.60. The summed E-state index contributed by atoms with van der Waals surface area (Å²) in [6, 6.07) is 6.97. The number of piperidine rings is 1. The molecule has 2 unspecified atom stereocenters. The van der Waals surface area contributed by atoms with Gasteiger partial charge in [-0.15, -0.1) is 0 Å². The Morgan fingerprint density at radius 1 is 1.16 bits per heavy atom. The fourth-order valence-corrected chi connectivity index (χ4v) is 5.60. The zero-order chi connectivity index (χ0) is 21.6. The molecule has 0 aliphatic carbocycles. The van der Waals surface area contributed by atoms with Gasteiger partial charge in [0, 0.05) is 62.9 Å². The van der Waals surface area contributed by atoms with Crippen LogP contribution in [0.5, 0.6) is 0 Å². The summed E-state index contributed by atoms with van der Waals surface area (Å²) in [5, 5.41) is 11.1. The van der Waals surface area contributed by atoms with Gasteiger partial charge in [-0.25, -0.2) is 0 Å². The van der Waals surface area contributed by atoms with Crippen molar-refractivity contribution in [3.05, 3.63) is 62.8 Å².